The summed E-state index contributed by atoms with van der Waals surface area (Å²) in [5.41, 5.74) is 0.727. The highest BCUT2D eigenvalue weighted by Crippen LogP contribution is 2.29. The van der Waals surface area contributed by atoms with Crippen LogP contribution in [0, 0.1) is 0 Å². The lowest BCUT2D eigenvalue weighted by Crippen LogP contribution is -2.15. The molecular weight excluding hydrogens is 326 g/mol. The van der Waals surface area contributed by atoms with Crippen molar-refractivity contribution in [2.75, 3.05) is 11.1 Å². The van der Waals surface area contributed by atoms with Gasteiger partial charge in [0.1, 0.15) is 0 Å². The minimum absolute atomic E-state index is 0.0387. The molecule has 8 nitrogen and oxygen atoms in total. The van der Waals surface area contributed by atoms with Crippen LogP contribution in [0.5, 0.6) is 0 Å². The van der Waals surface area contributed by atoms with Gasteiger partial charge in [0.15, 0.2) is 5.82 Å². The minimum Gasteiger partial charge on any atom is -0.323 e. The molecule has 0 bridgehead atoms. The Morgan fingerprint density at radius 2 is 2.21 bits per heavy atom. The summed E-state index contributed by atoms with van der Waals surface area (Å²) in [4.78, 5) is 12.0. The highest BCUT2D eigenvalue weighted by Gasteiger charge is 2.21. The Balaban J connectivity index is 1.46. The molecule has 130 valence electrons. The van der Waals surface area contributed by atoms with Crippen LogP contribution in [0.3, 0.4) is 0 Å². The first-order valence-electron chi connectivity index (χ1n) is 8.32. The van der Waals surface area contributed by atoms with Crippen molar-refractivity contribution in [2.24, 2.45) is 0 Å². The normalized spacial score (nSPS) is 15.3. The third kappa shape index (κ3) is 4.14. The molecule has 1 amide bonds. The average Bonchev–Trinajstić information content (AvgIpc) is 3.28. The number of carbonyl (C=O) groups is 1. The van der Waals surface area contributed by atoms with Crippen molar-refractivity contribution < 1.29 is 4.79 Å². The predicted molar refractivity (Wildman–Crippen MR) is 92.7 cm³/mol. The first-order valence-corrected chi connectivity index (χ1v) is 9.47. The molecule has 0 spiro atoms. The molecule has 2 heterocycles. The SMILES string of the molecule is CC(C)n1cc(NC(=O)CSCc2nnnn2C2CCCC2)cn1. The Bertz CT molecular complexity index is 675. The highest BCUT2D eigenvalue weighted by molar-refractivity contribution is 7.99. The number of thioether (sulfide) groups is 1. The van der Waals surface area contributed by atoms with Crippen molar-refractivity contribution in [3.8, 4) is 0 Å². The zero-order valence-electron chi connectivity index (χ0n) is 14.1. The second kappa shape index (κ2) is 7.78. The molecule has 9 heteroatoms. The molecule has 1 aliphatic rings. The number of hydrogen-bond acceptors (Lipinski definition) is 6. The van der Waals surface area contributed by atoms with E-state index in [1.807, 2.05) is 29.4 Å². The molecule has 3 rings (SSSR count). The average molecular weight is 349 g/mol. The van der Waals surface area contributed by atoms with Crippen molar-refractivity contribution in [1.82, 2.24) is 30.0 Å². The summed E-state index contributed by atoms with van der Waals surface area (Å²) in [7, 11) is 0. The van der Waals surface area contributed by atoms with Crippen molar-refractivity contribution in [3.63, 3.8) is 0 Å². The summed E-state index contributed by atoms with van der Waals surface area (Å²) < 4.78 is 3.75. The number of nitrogens with one attached hydrogen (secondary N) is 1. The number of carbonyl (C=O) groups excluding carboxylic acids is 1. The summed E-state index contributed by atoms with van der Waals surface area (Å²) in [6, 6.07) is 0.700. The third-order valence-electron chi connectivity index (χ3n) is 4.11. The van der Waals surface area contributed by atoms with E-state index in [0.717, 1.165) is 24.4 Å². The van der Waals surface area contributed by atoms with Crippen LogP contribution in [0.15, 0.2) is 12.4 Å². The van der Waals surface area contributed by atoms with Crippen LogP contribution in [-0.2, 0) is 10.5 Å². The minimum atomic E-state index is -0.0387. The van der Waals surface area contributed by atoms with Crippen molar-refractivity contribution in [1.29, 1.82) is 0 Å². The maximum atomic E-state index is 12.0. The van der Waals surface area contributed by atoms with Crippen LogP contribution in [0.4, 0.5) is 5.69 Å². The van der Waals surface area contributed by atoms with Crippen molar-refractivity contribution in [3.05, 3.63) is 18.2 Å². The molecule has 1 N–H and O–H groups in total. The fourth-order valence-corrected chi connectivity index (χ4v) is 3.59. The Morgan fingerprint density at radius 1 is 1.42 bits per heavy atom. The van der Waals surface area contributed by atoms with Crippen LogP contribution in [0.25, 0.3) is 0 Å². The lowest BCUT2D eigenvalue weighted by molar-refractivity contribution is -0.113. The molecular formula is C15H23N7OS. The number of anilines is 1. The lowest BCUT2D eigenvalue weighted by atomic mass is 10.2. The quantitative estimate of drug-likeness (QED) is 0.825. The van der Waals surface area contributed by atoms with Gasteiger partial charge in [0, 0.05) is 12.2 Å². The molecule has 2 aromatic heterocycles. The number of amides is 1. The molecule has 24 heavy (non-hydrogen) atoms. The van der Waals surface area contributed by atoms with Crippen LogP contribution in [-0.4, -0.2) is 41.6 Å². The maximum absolute atomic E-state index is 12.0. The maximum Gasteiger partial charge on any atom is 0.234 e. The zero-order chi connectivity index (χ0) is 16.9. The molecule has 1 saturated carbocycles. The molecule has 1 fully saturated rings. The van der Waals surface area contributed by atoms with Gasteiger partial charge in [-0.2, -0.15) is 5.10 Å². The monoisotopic (exact) mass is 349 g/mol. The second-order valence-corrected chi connectivity index (χ2v) is 7.31. The van der Waals surface area contributed by atoms with Crippen LogP contribution in [0.1, 0.15) is 57.4 Å². The topological polar surface area (TPSA) is 90.5 Å². The fraction of sp³-hybridized carbons (Fsp3) is 0.667. The van der Waals surface area contributed by atoms with Crippen molar-refractivity contribution in [2.45, 2.75) is 57.4 Å². The molecule has 2 aromatic rings. The van der Waals surface area contributed by atoms with Crippen LogP contribution >= 0.6 is 11.8 Å². The van der Waals surface area contributed by atoms with E-state index in [2.05, 4.69) is 25.9 Å². The Labute approximate surface area is 145 Å². The van der Waals surface area contributed by atoms with Gasteiger partial charge in [-0.05, 0) is 37.1 Å². The number of nitrogens with zero attached hydrogens (tertiary/aromatic N) is 6. The van der Waals surface area contributed by atoms with Gasteiger partial charge in [-0.15, -0.1) is 16.9 Å². The van der Waals surface area contributed by atoms with Gasteiger partial charge in [-0.1, -0.05) is 12.8 Å². The molecule has 0 radical (unpaired) electrons. The number of rotatable bonds is 7. The number of aromatic nitrogens is 6. The van der Waals surface area contributed by atoms with E-state index in [1.54, 1.807) is 6.20 Å². The van der Waals surface area contributed by atoms with E-state index >= 15 is 0 Å². The molecule has 0 aromatic carbocycles. The van der Waals surface area contributed by atoms with E-state index in [0.29, 0.717) is 17.5 Å². The smallest absolute Gasteiger partial charge is 0.234 e. The van der Waals surface area contributed by atoms with E-state index < -0.39 is 0 Å². The zero-order valence-corrected chi connectivity index (χ0v) is 14.9. The van der Waals surface area contributed by atoms with Gasteiger partial charge in [0.05, 0.1) is 29.4 Å². The lowest BCUT2D eigenvalue weighted by Gasteiger charge is -2.10. The Hall–Kier alpha value is -1.90. The summed E-state index contributed by atoms with van der Waals surface area (Å²) in [5.74, 6) is 1.82. The standard InChI is InChI=1S/C15H23N7OS/c1-11(2)21-8-12(7-16-21)17-15(23)10-24-9-14-18-19-20-22(14)13-5-3-4-6-13/h7-8,11,13H,3-6,9-10H2,1-2H3,(H,17,23). The molecule has 0 atom stereocenters. The van der Waals surface area contributed by atoms with Gasteiger partial charge in [-0.3, -0.25) is 9.48 Å². The van der Waals surface area contributed by atoms with Gasteiger partial charge in [0.25, 0.3) is 0 Å². The van der Waals surface area contributed by atoms with E-state index in [1.165, 1.54) is 24.6 Å². The van der Waals surface area contributed by atoms with Gasteiger partial charge in [0.2, 0.25) is 5.91 Å². The van der Waals surface area contributed by atoms with Gasteiger partial charge >= 0.3 is 0 Å². The van der Waals surface area contributed by atoms with Crippen LogP contribution < -0.4 is 5.32 Å². The summed E-state index contributed by atoms with van der Waals surface area (Å²) in [5, 5.41) is 19.1. The molecule has 0 saturated heterocycles. The fourth-order valence-electron chi connectivity index (χ4n) is 2.86. The summed E-state index contributed by atoms with van der Waals surface area (Å²) >= 11 is 1.52. The first kappa shape index (κ1) is 16.9. The Morgan fingerprint density at radius 3 is 2.92 bits per heavy atom. The first-order chi connectivity index (χ1) is 11.6. The van der Waals surface area contributed by atoms with Gasteiger partial charge in [-0.25, -0.2) is 4.68 Å². The van der Waals surface area contributed by atoms with E-state index in [-0.39, 0.29) is 11.9 Å². The van der Waals surface area contributed by atoms with Gasteiger partial charge < -0.3 is 5.32 Å². The predicted octanol–water partition coefficient (Wildman–Crippen LogP) is 2.44. The van der Waals surface area contributed by atoms with E-state index in [9.17, 15) is 4.79 Å². The van der Waals surface area contributed by atoms with E-state index in [4.69, 9.17) is 0 Å². The molecule has 0 unspecified atom stereocenters. The third-order valence-corrected chi connectivity index (χ3v) is 5.04. The molecule has 1 aliphatic carbocycles. The highest BCUT2D eigenvalue weighted by atomic mass is 32.2. The Kier molecular flexibility index (Phi) is 5.49. The largest absolute Gasteiger partial charge is 0.323 e. The van der Waals surface area contributed by atoms with Crippen molar-refractivity contribution >= 4 is 23.4 Å². The molecule has 0 aliphatic heterocycles. The summed E-state index contributed by atoms with van der Waals surface area (Å²) in [6.07, 6.45) is 8.27. The van der Waals surface area contributed by atoms with Crippen LogP contribution in [0.2, 0.25) is 0 Å². The number of tetrazole rings is 1. The summed E-state index contributed by atoms with van der Waals surface area (Å²) in [6.45, 7) is 4.09. The second-order valence-electron chi connectivity index (χ2n) is 6.32. The number of hydrogen-bond donors (Lipinski definition) is 1.